The first-order valence-corrected chi connectivity index (χ1v) is 4.53. The minimum atomic E-state index is -6.00. The van der Waals surface area contributed by atoms with Gasteiger partial charge in [-0.05, 0) is 20.8 Å². The molecule has 0 spiro atoms. The molecule has 0 aromatic rings. The largest absolute Gasteiger partial charge is 0.673 e. The van der Waals surface area contributed by atoms with Gasteiger partial charge >= 0.3 is 7.25 Å². The van der Waals surface area contributed by atoms with Crippen LogP contribution in [0.25, 0.3) is 0 Å². The zero-order valence-electron chi connectivity index (χ0n) is 9.35. The van der Waals surface area contributed by atoms with Gasteiger partial charge in [-0.3, -0.25) is 0 Å². The van der Waals surface area contributed by atoms with Gasteiger partial charge in [0.05, 0.1) is 6.67 Å². The van der Waals surface area contributed by atoms with E-state index in [4.69, 9.17) is 0 Å². The van der Waals surface area contributed by atoms with E-state index in [9.17, 15) is 17.3 Å². The standard InChI is InChI=1S/C8H16N2.BF4/c1-8(2,3)10-6-5-9(4)7-10;2-1(3,4)5/h5-6H,7H2,1-4H3;/q;-1. The Bertz CT molecular complexity index is 216. The molecule has 0 atom stereocenters. The van der Waals surface area contributed by atoms with Crippen LogP contribution >= 0.6 is 0 Å². The Morgan fingerprint density at radius 2 is 1.47 bits per heavy atom. The molecule has 7 heteroatoms. The normalized spacial score (nSPS) is 16.5. The second-order valence-electron chi connectivity index (χ2n) is 4.33. The Labute approximate surface area is 87.6 Å². The first-order chi connectivity index (χ1) is 6.50. The van der Waals surface area contributed by atoms with Crippen LogP contribution in [-0.2, 0) is 0 Å². The highest BCUT2D eigenvalue weighted by Gasteiger charge is 2.21. The van der Waals surface area contributed by atoms with E-state index in [1.165, 1.54) is 0 Å². The summed E-state index contributed by atoms with van der Waals surface area (Å²) in [6.07, 6.45) is 4.24. The molecule has 0 aromatic heterocycles. The van der Waals surface area contributed by atoms with Gasteiger partial charge in [0.15, 0.2) is 0 Å². The van der Waals surface area contributed by atoms with E-state index in [0.29, 0.717) is 0 Å². The summed E-state index contributed by atoms with van der Waals surface area (Å²) in [5.41, 5.74) is 0.265. The predicted molar refractivity (Wildman–Crippen MR) is 53.5 cm³/mol. The van der Waals surface area contributed by atoms with Crippen LogP contribution in [0.5, 0.6) is 0 Å². The van der Waals surface area contributed by atoms with Crippen molar-refractivity contribution in [3.8, 4) is 0 Å². The van der Waals surface area contributed by atoms with E-state index in [0.717, 1.165) is 6.67 Å². The molecule has 0 fully saturated rings. The van der Waals surface area contributed by atoms with Crippen LogP contribution in [0.2, 0.25) is 0 Å². The van der Waals surface area contributed by atoms with Gasteiger partial charge in [0.2, 0.25) is 0 Å². The SMILES string of the molecule is CN1C=CN(C(C)(C)C)C1.F[B-](F)(F)F. The first-order valence-electron chi connectivity index (χ1n) is 4.53. The second kappa shape index (κ2) is 4.76. The Morgan fingerprint density at radius 1 is 1.07 bits per heavy atom. The van der Waals surface area contributed by atoms with Crippen LogP contribution in [0.3, 0.4) is 0 Å². The fraction of sp³-hybridized carbons (Fsp3) is 0.750. The molecule has 0 bridgehead atoms. The second-order valence-corrected chi connectivity index (χ2v) is 4.33. The van der Waals surface area contributed by atoms with Crippen molar-refractivity contribution in [1.29, 1.82) is 0 Å². The summed E-state index contributed by atoms with van der Waals surface area (Å²) in [5, 5.41) is 0. The van der Waals surface area contributed by atoms with Crippen molar-refractivity contribution in [2.75, 3.05) is 13.7 Å². The van der Waals surface area contributed by atoms with Crippen molar-refractivity contribution < 1.29 is 17.3 Å². The molecular formula is C8H16BF4N2-. The quantitative estimate of drug-likeness (QED) is 0.463. The van der Waals surface area contributed by atoms with Crippen molar-refractivity contribution >= 4 is 7.25 Å². The maximum absolute atomic E-state index is 9.75. The monoisotopic (exact) mass is 227 g/mol. The molecule has 90 valence electrons. The molecule has 1 rings (SSSR count). The van der Waals surface area contributed by atoms with E-state index in [-0.39, 0.29) is 5.54 Å². The summed E-state index contributed by atoms with van der Waals surface area (Å²) in [4.78, 5) is 4.48. The lowest BCUT2D eigenvalue weighted by atomic mass is 10.1. The Kier molecular flexibility index (Phi) is 4.49. The zero-order chi connectivity index (χ0) is 12.3. The third-order valence-corrected chi connectivity index (χ3v) is 1.74. The molecule has 0 saturated carbocycles. The molecule has 0 saturated heterocycles. The van der Waals surface area contributed by atoms with Gasteiger partial charge in [0, 0.05) is 25.0 Å². The average molecular weight is 227 g/mol. The smallest absolute Gasteiger partial charge is 0.418 e. The molecule has 15 heavy (non-hydrogen) atoms. The highest BCUT2D eigenvalue weighted by Crippen LogP contribution is 2.17. The van der Waals surface area contributed by atoms with Gasteiger partial charge in [0.1, 0.15) is 0 Å². The van der Waals surface area contributed by atoms with Crippen molar-refractivity contribution in [3.05, 3.63) is 12.4 Å². The highest BCUT2D eigenvalue weighted by atomic mass is 19.5. The summed E-state index contributed by atoms with van der Waals surface area (Å²) in [7, 11) is -3.91. The summed E-state index contributed by atoms with van der Waals surface area (Å²) >= 11 is 0. The molecule has 0 radical (unpaired) electrons. The summed E-state index contributed by atoms with van der Waals surface area (Å²) in [6.45, 7) is 7.67. The molecule has 0 aliphatic carbocycles. The topological polar surface area (TPSA) is 6.48 Å². The van der Waals surface area contributed by atoms with E-state index < -0.39 is 7.25 Å². The Balaban J connectivity index is 0.000000336. The van der Waals surface area contributed by atoms with Crippen molar-refractivity contribution in [1.82, 2.24) is 9.80 Å². The number of nitrogens with zero attached hydrogens (tertiary/aromatic N) is 2. The highest BCUT2D eigenvalue weighted by molar-refractivity contribution is 6.50. The van der Waals surface area contributed by atoms with Crippen LogP contribution in [0, 0.1) is 0 Å². The molecule has 0 unspecified atom stereocenters. The summed E-state index contributed by atoms with van der Waals surface area (Å²) in [5.74, 6) is 0. The third-order valence-electron chi connectivity index (χ3n) is 1.74. The zero-order valence-corrected chi connectivity index (χ0v) is 9.35. The molecule has 0 N–H and O–H groups in total. The van der Waals surface area contributed by atoms with Gasteiger partial charge in [-0.25, -0.2) is 0 Å². The van der Waals surface area contributed by atoms with Crippen LogP contribution in [0.1, 0.15) is 20.8 Å². The molecule has 1 aliphatic rings. The van der Waals surface area contributed by atoms with E-state index in [1.807, 2.05) is 0 Å². The molecule has 0 aromatic carbocycles. The van der Waals surface area contributed by atoms with Crippen molar-refractivity contribution in [3.63, 3.8) is 0 Å². The molecular weight excluding hydrogens is 211 g/mol. The van der Waals surface area contributed by atoms with Crippen LogP contribution in [-0.4, -0.2) is 36.3 Å². The fourth-order valence-electron chi connectivity index (χ4n) is 0.965. The lowest BCUT2D eigenvalue weighted by Gasteiger charge is -2.32. The first kappa shape index (κ1) is 14.1. The Hall–Kier alpha value is -0.875. The van der Waals surface area contributed by atoms with Crippen LogP contribution in [0.4, 0.5) is 17.3 Å². The van der Waals surface area contributed by atoms with Gasteiger partial charge in [-0.1, -0.05) is 0 Å². The minimum Gasteiger partial charge on any atom is -0.418 e. The summed E-state index contributed by atoms with van der Waals surface area (Å²) in [6, 6.07) is 0. The van der Waals surface area contributed by atoms with Crippen LogP contribution < -0.4 is 0 Å². The van der Waals surface area contributed by atoms with Crippen molar-refractivity contribution in [2.24, 2.45) is 0 Å². The molecule has 0 amide bonds. The van der Waals surface area contributed by atoms with E-state index >= 15 is 0 Å². The number of halogens is 4. The van der Waals surface area contributed by atoms with Gasteiger partial charge in [0.25, 0.3) is 0 Å². The van der Waals surface area contributed by atoms with Gasteiger partial charge in [-0.15, -0.1) is 0 Å². The number of hydrogen-bond donors (Lipinski definition) is 0. The van der Waals surface area contributed by atoms with E-state index in [1.54, 1.807) is 0 Å². The van der Waals surface area contributed by atoms with Gasteiger partial charge in [-0.2, -0.15) is 0 Å². The fourth-order valence-corrected chi connectivity index (χ4v) is 0.965. The maximum atomic E-state index is 9.75. The lowest BCUT2D eigenvalue weighted by Crippen LogP contribution is -2.38. The third kappa shape index (κ3) is 8.14. The van der Waals surface area contributed by atoms with E-state index in [2.05, 4.69) is 50.0 Å². The molecule has 1 aliphatic heterocycles. The maximum Gasteiger partial charge on any atom is 0.673 e. The van der Waals surface area contributed by atoms with Gasteiger partial charge < -0.3 is 27.1 Å². The van der Waals surface area contributed by atoms with Crippen molar-refractivity contribution in [2.45, 2.75) is 26.3 Å². The number of rotatable bonds is 0. The molecule has 1 heterocycles. The molecule has 2 nitrogen and oxygen atoms in total. The Morgan fingerprint density at radius 3 is 1.60 bits per heavy atom. The van der Waals surface area contributed by atoms with Crippen LogP contribution in [0.15, 0.2) is 12.4 Å². The average Bonchev–Trinajstić information content (AvgIpc) is 2.29. The predicted octanol–water partition coefficient (Wildman–Crippen LogP) is 2.76. The lowest BCUT2D eigenvalue weighted by molar-refractivity contribution is 0.174. The summed E-state index contributed by atoms with van der Waals surface area (Å²) < 4.78 is 39.0. The minimum absolute atomic E-state index is 0.265. The number of hydrogen-bond acceptors (Lipinski definition) is 2.